The molecule has 4 N–H and O–H groups in total. The summed E-state index contributed by atoms with van der Waals surface area (Å²) in [5.74, 6) is -7.47. The zero-order valence-corrected chi connectivity index (χ0v) is 24.9. The molecule has 1 fully saturated rings. The van der Waals surface area contributed by atoms with Crippen molar-refractivity contribution in [2.24, 2.45) is 5.73 Å². The van der Waals surface area contributed by atoms with Crippen molar-refractivity contribution in [3.63, 3.8) is 0 Å². The third-order valence-electron chi connectivity index (χ3n) is 6.24. The molecule has 1 atom stereocenters. The maximum absolute atomic E-state index is 12.9. The highest BCUT2D eigenvalue weighted by molar-refractivity contribution is 6.41. The summed E-state index contributed by atoms with van der Waals surface area (Å²) in [6.07, 6.45) is -5.25. The molecule has 0 unspecified atom stereocenters. The molecule has 0 aliphatic carbocycles. The Balaban J connectivity index is 0.000000521. The summed E-state index contributed by atoms with van der Waals surface area (Å²) >= 11 is 0. The normalized spacial score (nSPS) is 14.4. The van der Waals surface area contributed by atoms with E-state index in [2.05, 4.69) is 15.6 Å². The number of piperidine rings is 1. The van der Waals surface area contributed by atoms with Gasteiger partial charge in [0.25, 0.3) is 5.91 Å². The predicted molar refractivity (Wildman–Crippen MR) is 150 cm³/mol. The van der Waals surface area contributed by atoms with Crippen molar-refractivity contribution in [3.05, 3.63) is 48.4 Å². The van der Waals surface area contributed by atoms with Crippen LogP contribution in [0.25, 0.3) is 0 Å². The van der Waals surface area contributed by atoms with Crippen molar-refractivity contribution in [2.75, 3.05) is 25.0 Å². The lowest BCUT2D eigenvalue weighted by atomic mass is 10.1. The number of nitrogens with two attached hydrogens (primary N) is 1. The number of anilines is 1. The number of imidazole rings is 1. The first kappa shape index (κ1) is 37.9. The van der Waals surface area contributed by atoms with Crippen LogP contribution in [0, 0.1) is 0 Å². The number of hydrogen-bond acceptors (Lipinski definition) is 8. The summed E-state index contributed by atoms with van der Waals surface area (Å²) in [5.41, 5.74) is 5.66. The Labute approximate surface area is 259 Å². The number of aromatic nitrogens is 2. The quantitative estimate of drug-likeness (QED) is 0.244. The molecule has 254 valence electrons. The van der Waals surface area contributed by atoms with E-state index in [1.54, 1.807) is 24.6 Å². The molecule has 1 aromatic carbocycles. The summed E-state index contributed by atoms with van der Waals surface area (Å²) in [4.78, 5) is 63.1. The minimum atomic E-state index is -5.77. The fourth-order valence-electron chi connectivity index (χ4n) is 3.78. The van der Waals surface area contributed by atoms with Crippen LogP contribution in [0.1, 0.15) is 38.7 Å². The number of ketones is 2. The third kappa shape index (κ3) is 12.6. The number of carbonyl (C=O) groups is 5. The molecule has 1 saturated heterocycles. The van der Waals surface area contributed by atoms with Crippen molar-refractivity contribution in [1.82, 2.24) is 19.8 Å². The molecule has 18 heteroatoms. The van der Waals surface area contributed by atoms with Gasteiger partial charge in [-0.15, -0.1) is 0 Å². The van der Waals surface area contributed by atoms with Crippen LogP contribution >= 0.6 is 0 Å². The van der Waals surface area contributed by atoms with Gasteiger partial charge in [-0.3, -0.25) is 24.0 Å². The molecule has 12 nitrogen and oxygen atoms in total. The summed E-state index contributed by atoms with van der Waals surface area (Å²) in [7, 11) is 0. The fraction of sp³-hybridized carbons (Fsp3) is 0.500. The number of carbonyl (C=O) groups excluding carboxylic acids is 5. The molecule has 3 amide bonds. The lowest BCUT2D eigenvalue weighted by Crippen LogP contribution is -2.56. The average Bonchev–Trinajstić information content (AvgIpc) is 3.41. The Bertz CT molecular complexity index is 1330. The van der Waals surface area contributed by atoms with E-state index in [9.17, 15) is 50.3 Å². The second-order valence-corrected chi connectivity index (χ2v) is 10.8. The van der Waals surface area contributed by atoms with E-state index in [1.807, 2.05) is 35.2 Å². The summed E-state index contributed by atoms with van der Waals surface area (Å²) in [5, 5.41) is 5.34. The van der Waals surface area contributed by atoms with Gasteiger partial charge in [-0.1, -0.05) is 30.3 Å². The molecule has 0 saturated carbocycles. The van der Waals surface area contributed by atoms with Gasteiger partial charge in [0.15, 0.2) is 5.82 Å². The molecule has 46 heavy (non-hydrogen) atoms. The van der Waals surface area contributed by atoms with Gasteiger partial charge in [0.05, 0.1) is 25.1 Å². The van der Waals surface area contributed by atoms with E-state index >= 15 is 0 Å². The molecule has 1 aliphatic heterocycles. The van der Waals surface area contributed by atoms with Gasteiger partial charge in [0.1, 0.15) is 12.6 Å². The number of ether oxygens (including phenoxy) is 1. The first-order valence-electron chi connectivity index (χ1n) is 13.8. The van der Waals surface area contributed by atoms with Crippen molar-refractivity contribution in [1.29, 1.82) is 0 Å². The lowest BCUT2D eigenvalue weighted by molar-refractivity contribution is -0.193. The predicted octanol–water partition coefficient (Wildman–Crippen LogP) is 2.52. The second kappa shape index (κ2) is 16.3. The van der Waals surface area contributed by atoms with Gasteiger partial charge in [-0.25, -0.2) is 4.98 Å². The van der Waals surface area contributed by atoms with Crippen LogP contribution in [0.5, 0.6) is 0 Å². The van der Waals surface area contributed by atoms with Crippen LogP contribution in [0.15, 0.2) is 42.9 Å². The van der Waals surface area contributed by atoms with Gasteiger partial charge < -0.3 is 30.6 Å². The topological polar surface area (TPSA) is 166 Å². The molecule has 1 aliphatic rings. The molecular weight excluding hydrogens is 630 g/mol. The van der Waals surface area contributed by atoms with Crippen LogP contribution in [-0.2, 0) is 41.9 Å². The first-order valence-corrected chi connectivity index (χ1v) is 13.8. The SMILES string of the molecule is CC(C)(N)C(=O)N[C@H](COCc1ccccc1)C(=O)Nc1cn(CC(=O)N2CCCCC2)cn1.O=C(C(=O)C(F)(F)F)C(F)(F)F. The second-order valence-electron chi connectivity index (χ2n) is 10.8. The van der Waals surface area contributed by atoms with Gasteiger partial charge in [-0.2, -0.15) is 26.3 Å². The Morgan fingerprint density at radius 1 is 0.935 bits per heavy atom. The van der Waals surface area contributed by atoms with Gasteiger partial charge in [-0.05, 0) is 38.7 Å². The maximum Gasteiger partial charge on any atom is 0.458 e. The van der Waals surface area contributed by atoms with Crippen molar-refractivity contribution < 1.29 is 55.1 Å². The van der Waals surface area contributed by atoms with Crippen LogP contribution in [-0.4, -0.2) is 87.4 Å². The van der Waals surface area contributed by atoms with E-state index in [4.69, 9.17) is 10.5 Å². The van der Waals surface area contributed by atoms with Gasteiger partial charge in [0, 0.05) is 19.3 Å². The molecule has 0 radical (unpaired) electrons. The van der Waals surface area contributed by atoms with Gasteiger partial charge >= 0.3 is 23.9 Å². The number of hydrogen-bond donors (Lipinski definition) is 3. The maximum atomic E-state index is 12.9. The number of Topliss-reactive ketones (excluding diaryl/α,β-unsaturated/α-hetero) is 2. The summed E-state index contributed by atoms with van der Waals surface area (Å²) in [6, 6.07) is 8.55. The summed E-state index contributed by atoms with van der Waals surface area (Å²) in [6.45, 7) is 5.07. The van der Waals surface area contributed by atoms with Crippen molar-refractivity contribution >= 4 is 35.1 Å². The zero-order valence-electron chi connectivity index (χ0n) is 24.9. The fourth-order valence-corrected chi connectivity index (χ4v) is 3.78. The average molecular weight is 665 g/mol. The van der Waals surface area contributed by atoms with Crippen LogP contribution in [0.4, 0.5) is 32.2 Å². The van der Waals surface area contributed by atoms with E-state index in [0.717, 1.165) is 37.9 Å². The lowest BCUT2D eigenvalue weighted by Gasteiger charge is -2.26. The van der Waals surface area contributed by atoms with E-state index < -0.39 is 47.3 Å². The number of benzene rings is 1. The van der Waals surface area contributed by atoms with Crippen molar-refractivity contribution in [2.45, 2.75) is 70.2 Å². The minimum Gasteiger partial charge on any atom is -0.374 e. The first-order chi connectivity index (χ1) is 21.3. The number of nitrogens with one attached hydrogen (secondary N) is 2. The zero-order chi connectivity index (χ0) is 34.7. The van der Waals surface area contributed by atoms with Crippen molar-refractivity contribution in [3.8, 4) is 0 Å². The minimum absolute atomic E-state index is 0.0274. The van der Waals surface area contributed by atoms with E-state index in [1.165, 1.54) is 6.33 Å². The molecule has 3 rings (SSSR count). The third-order valence-corrected chi connectivity index (χ3v) is 6.24. The largest absolute Gasteiger partial charge is 0.458 e. The number of halogens is 6. The van der Waals surface area contributed by atoms with Gasteiger partial charge in [0.2, 0.25) is 11.8 Å². The Kier molecular flexibility index (Phi) is 13.4. The van der Waals surface area contributed by atoms with Crippen LogP contribution < -0.4 is 16.4 Å². The number of nitrogens with zero attached hydrogens (tertiary/aromatic N) is 3. The smallest absolute Gasteiger partial charge is 0.374 e. The van der Waals surface area contributed by atoms with E-state index in [0.29, 0.717) is 6.61 Å². The Morgan fingerprint density at radius 3 is 2.02 bits per heavy atom. The Morgan fingerprint density at radius 2 is 1.50 bits per heavy atom. The van der Waals surface area contributed by atoms with E-state index in [-0.39, 0.29) is 24.9 Å². The molecule has 1 aromatic heterocycles. The molecule has 0 bridgehead atoms. The standard InChI is InChI=1S/C24H34N6O4.C4F6O2/c1-24(2,25)23(33)27-19(16-34-15-18-9-5-3-6-10-18)22(32)28-20-13-29(17-26-20)14-21(31)30-11-7-4-8-12-30;5-3(6,7)1(11)2(12)4(8,9)10/h3,5-6,9-10,13,17,19H,4,7-8,11-12,14-16,25H2,1-2H3,(H,27,33)(H,28,32);/t19-;/m1./s1. The molecule has 2 heterocycles. The molecular formula is C28H34F6N6O6. The van der Waals surface area contributed by atoms with Crippen LogP contribution in [0.3, 0.4) is 0 Å². The Hall–Kier alpha value is -4.32. The highest BCUT2D eigenvalue weighted by Gasteiger charge is 2.54. The molecule has 0 spiro atoms. The number of alkyl halides is 6. The highest BCUT2D eigenvalue weighted by Crippen LogP contribution is 2.24. The summed E-state index contributed by atoms with van der Waals surface area (Å²) < 4.78 is 74.3. The van der Waals surface area contributed by atoms with Crippen LogP contribution in [0.2, 0.25) is 0 Å². The number of rotatable bonds is 11. The molecule has 2 aromatic rings. The highest BCUT2D eigenvalue weighted by atomic mass is 19.4. The number of likely N-dealkylation sites (tertiary alicyclic amines) is 1. The number of amides is 3. The monoisotopic (exact) mass is 664 g/mol.